The molecule has 0 unspecified atom stereocenters. The third-order valence-electron chi connectivity index (χ3n) is 7.02. The summed E-state index contributed by atoms with van der Waals surface area (Å²) in [5.74, 6) is -0.478. The molecule has 0 spiro atoms. The maximum atomic E-state index is 13.4. The number of nitrogens with zero attached hydrogens (tertiary/aromatic N) is 3. The number of imide groups is 1. The second-order valence-corrected chi connectivity index (χ2v) is 9.55. The molecule has 1 saturated heterocycles. The smallest absolute Gasteiger partial charge is 0.261 e. The van der Waals surface area contributed by atoms with E-state index in [0.717, 1.165) is 46.1 Å². The largest absolute Gasteiger partial charge is 0.383 e. The van der Waals surface area contributed by atoms with Gasteiger partial charge in [-0.3, -0.25) is 19.5 Å². The van der Waals surface area contributed by atoms with Crippen molar-refractivity contribution in [2.24, 2.45) is 0 Å². The number of carbonyl (C=O) groups is 2. The second kappa shape index (κ2) is 8.86. The lowest BCUT2D eigenvalue weighted by Crippen LogP contribution is -2.43. The van der Waals surface area contributed by atoms with Gasteiger partial charge in [-0.25, -0.2) is 0 Å². The number of nitrogens with one attached hydrogen (secondary N) is 1. The molecule has 0 aliphatic carbocycles. The first-order chi connectivity index (χ1) is 17.1. The monoisotopic (exact) mass is 484 g/mol. The van der Waals surface area contributed by atoms with E-state index in [1.807, 2.05) is 54.6 Å². The molecule has 1 fully saturated rings. The molecule has 176 valence electrons. The van der Waals surface area contributed by atoms with Crippen LogP contribution in [0.25, 0.3) is 21.7 Å². The number of anilines is 2. The third-order valence-corrected chi connectivity index (χ3v) is 7.26. The van der Waals surface area contributed by atoms with E-state index in [-0.39, 0.29) is 18.4 Å². The minimum atomic E-state index is -0.239. The number of halogens is 1. The molecule has 0 radical (unpaired) electrons. The highest BCUT2D eigenvalue weighted by Gasteiger charge is 2.33. The lowest BCUT2D eigenvalue weighted by Gasteiger charge is -2.32. The lowest BCUT2D eigenvalue weighted by atomic mass is 9.92. The maximum absolute atomic E-state index is 13.4. The number of aromatic nitrogens is 1. The van der Waals surface area contributed by atoms with Gasteiger partial charge in [-0.05, 0) is 61.7 Å². The average molecular weight is 485 g/mol. The Morgan fingerprint density at radius 3 is 2.51 bits per heavy atom. The van der Waals surface area contributed by atoms with Crippen LogP contribution in [0, 0.1) is 0 Å². The molecule has 3 aromatic carbocycles. The van der Waals surface area contributed by atoms with Crippen molar-refractivity contribution in [1.29, 1.82) is 0 Å². The minimum absolute atomic E-state index is 0.239. The predicted molar refractivity (Wildman–Crippen MR) is 141 cm³/mol. The highest BCUT2D eigenvalue weighted by molar-refractivity contribution is 6.31. The highest BCUT2D eigenvalue weighted by Crippen LogP contribution is 2.37. The number of benzene rings is 3. The Balaban J connectivity index is 1.27. The second-order valence-electron chi connectivity index (χ2n) is 9.12. The molecule has 0 bridgehead atoms. The summed E-state index contributed by atoms with van der Waals surface area (Å²) in [4.78, 5) is 35.0. The van der Waals surface area contributed by atoms with Crippen LogP contribution in [-0.2, 0) is 0 Å². The van der Waals surface area contributed by atoms with Crippen molar-refractivity contribution < 1.29 is 9.59 Å². The lowest BCUT2D eigenvalue weighted by molar-refractivity contribution is 0.0617. The van der Waals surface area contributed by atoms with E-state index < -0.39 is 0 Å². The molecular weight excluding hydrogens is 460 g/mol. The summed E-state index contributed by atoms with van der Waals surface area (Å²) in [6, 6.07) is 17.2. The zero-order valence-corrected chi connectivity index (χ0v) is 20.0. The Morgan fingerprint density at radius 1 is 0.886 bits per heavy atom. The van der Waals surface area contributed by atoms with Crippen molar-refractivity contribution in [2.45, 2.75) is 19.3 Å². The van der Waals surface area contributed by atoms with E-state index >= 15 is 0 Å². The first-order valence-electron chi connectivity index (χ1n) is 12.1. The molecule has 2 amide bonds. The number of fused-ring (bicyclic) bond motifs is 1. The van der Waals surface area contributed by atoms with E-state index in [1.54, 1.807) is 6.20 Å². The third kappa shape index (κ3) is 3.78. The van der Waals surface area contributed by atoms with E-state index in [0.29, 0.717) is 22.7 Å². The summed E-state index contributed by atoms with van der Waals surface area (Å²) >= 11 is 6.09. The average Bonchev–Trinajstić information content (AvgIpc) is 2.89. The van der Waals surface area contributed by atoms with Crippen LogP contribution in [-0.4, -0.2) is 47.9 Å². The molecule has 2 aliphatic heterocycles. The van der Waals surface area contributed by atoms with E-state index in [2.05, 4.69) is 15.2 Å². The van der Waals surface area contributed by atoms with Gasteiger partial charge in [0.25, 0.3) is 11.8 Å². The van der Waals surface area contributed by atoms with Gasteiger partial charge in [0, 0.05) is 76.1 Å². The molecule has 4 aromatic rings. The van der Waals surface area contributed by atoms with Gasteiger partial charge in [0.05, 0.1) is 5.52 Å². The fourth-order valence-corrected chi connectivity index (χ4v) is 5.49. The molecule has 0 saturated carbocycles. The van der Waals surface area contributed by atoms with Crippen molar-refractivity contribution in [3.8, 4) is 0 Å². The van der Waals surface area contributed by atoms with Crippen LogP contribution in [0.3, 0.4) is 0 Å². The SMILES string of the molecule is O=C1c2cccc3c(N4CCCCC4)ccc(c23)C(=O)N1CCNc1ccnc2cc(Cl)ccc12. The Hall–Kier alpha value is -3.64. The number of hydrogen-bond donors (Lipinski definition) is 1. The van der Waals surface area contributed by atoms with Crippen LogP contribution in [0.2, 0.25) is 5.02 Å². The number of rotatable bonds is 5. The Kier molecular flexibility index (Phi) is 5.53. The summed E-state index contributed by atoms with van der Waals surface area (Å²) in [6.45, 7) is 2.71. The molecular formula is C28H25ClN4O2. The van der Waals surface area contributed by atoms with Crippen LogP contribution in [0.15, 0.2) is 60.8 Å². The number of piperidine rings is 1. The normalized spacial score (nSPS) is 15.8. The van der Waals surface area contributed by atoms with Crippen molar-refractivity contribution in [2.75, 3.05) is 36.4 Å². The Labute approximate surface area is 208 Å². The number of carbonyl (C=O) groups excluding carboxylic acids is 2. The van der Waals surface area contributed by atoms with Crippen LogP contribution in [0.4, 0.5) is 11.4 Å². The number of hydrogen-bond acceptors (Lipinski definition) is 5. The zero-order chi connectivity index (χ0) is 23.9. The predicted octanol–water partition coefficient (Wildman–Crippen LogP) is 5.74. The molecule has 2 aliphatic rings. The standard InChI is InChI=1S/C28H25ClN4O2/c29-18-7-8-19-23(11-12-30-24(19)17-18)31-13-16-33-27(34)21-6-4-5-20-25(32-14-2-1-3-15-32)10-9-22(26(20)21)28(33)35/h4-12,17H,1-3,13-16H2,(H,30,31). The van der Waals surface area contributed by atoms with Gasteiger partial charge in [-0.15, -0.1) is 0 Å². The van der Waals surface area contributed by atoms with E-state index in [9.17, 15) is 9.59 Å². The summed E-state index contributed by atoms with van der Waals surface area (Å²) in [5.41, 5.74) is 3.99. The van der Waals surface area contributed by atoms with E-state index in [4.69, 9.17) is 11.6 Å². The van der Waals surface area contributed by atoms with Crippen LogP contribution in [0.5, 0.6) is 0 Å². The van der Waals surface area contributed by atoms with Crippen LogP contribution in [0.1, 0.15) is 40.0 Å². The van der Waals surface area contributed by atoms with Gasteiger partial charge in [-0.2, -0.15) is 0 Å². The van der Waals surface area contributed by atoms with Crippen molar-refractivity contribution in [3.05, 3.63) is 76.9 Å². The number of pyridine rings is 1. The van der Waals surface area contributed by atoms with Gasteiger partial charge < -0.3 is 10.2 Å². The quantitative estimate of drug-likeness (QED) is 0.366. The first-order valence-corrected chi connectivity index (χ1v) is 12.4. The Morgan fingerprint density at radius 2 is 1.69 bits per heavy atom. The molecule has 6 rings (SSSR count). The highest BCUT2D eigenvalue weighted by atomic mass is 35.5. The molecule has 35 heavy (non-hydrogen) atoms. The molecule has 1 N–H and O–H groups in total. The van der Waals surface area contributed by atoms with Crippen molar-refractivity contribution >= 4 is 56.5 Å². The Bertz CT molecular complexity index is 1460. The van der Waals surface area contributed by atoms with Crippen LogP contribution >= 0.6 is 11.6 Å². The first kappa shape index (κ1) is 21.9. The maximum Gasteiger partial charge on any atom is 0.261 e. The fraction of sp³-hybridized carbons (Fsp3) is 0.250. The number of amides is 2. The molecule has 7 heteroatoms. The summed E-state index contributed by atoms with van der Waals surface area (Å²) in [6.07, 6.45) is 5.30. The minimum Gasteiger partial charge on any atom is -0.383 e. The molecule has 0 atom stereocenters. The molecule has 3 heterocycles. The fourth-order valence-electron chi connectivity index (χ4n) is 5.32. The van der Waals surface area contributed by atoms with E-state index in [1.165, 1.54) is 24.2 Å². The zero-order valence-electron chi connectivity index (χ0n) is 19.3. The van der Waals surface area contributed by atoms with Gasteiger partial charge in [-0.1, -0.05) is 23.7 Å². The van der Waals surface area contributed by atoms with Gasteiger partial charge in [0.2, 0.25) is 0 Å². The summed E-state index contributed by atoms with van der Waals surface area (Å²) in [5, 5.41) is 6.70. The molecule has 1 aromatic heterocycles. The van der Waals surface area contributed by atoms with Gasteiger partial charge in [0.1, 0.15) is 0 Å². The van der Waals surface area contributed by atoms with Crippen molar-refractivity contribution in [1.82, 2.24) is 9.88 Å². The topological polar surface area (TPSA) is 65.5 Å². The molecule has 6 nitrogen and oxygen atoms in total. The van der Waals surface area contributed by atoms with Gasteiger partial charge >= 0.3 is 0 Å². The van der Waals surface area contributed by atoms with Crippen LogP contribution < -0.4 is 10.2 Å². The summed E-state index contributed by atoms with van der Waals surface area (Å²) < 4.78 is 0. The summed E-state index contributed by atoms with van der Waals surface area (Å²) in [7, 11) is 0. The van der Waals surface area contributed by atoms with Gasteiger partial charge in [0.15, 0.2) is 0 Å². The van der Waals surface area contributed by atoms with Crippen molar-refractivity contribution in [3.63, 3.8) is 0 Å².